The van der Waals surface area contributed by atoms with Crippen LogP contribution < -0.4 is 15.1 Å². The molecular formula is C28H25ClF5N3O. The standard InChI is InChI=1S/C28H25ClF5N3O/c1-16(2)18-6-3-17(4-7-18)5-10-22(38)35-19-8-9-21(20(29)15-19)36-11-13-37(14-12-36)28-26(33)24(31)23(30)25(32)27(28)34/h3-10,15-16H,11-14H2,1-2H3,(H,35,38). The number of nitrogens with one attached hydrogen (secondary N) is 1. The van der Waals surface area contributed by atoms with Gasteiger partial charge in [0.05, 0.1) is 10.7 Å². The van der Waals surface area contributed by atoms with Gasteiger partial charge in [-0.1, -0.05) is 49.7 Å². The summed E-state index contributed by atoms with van der Waals surface area (Å²) in [5.41, 5.74) is 2.25. The van der Waals surface area contributed by atoms with Crippen LogP contribution in [0.25, 0.3) is 6.08 Å². The van der Waals surface area contributed by atoms with Crippen LogP contribution in [0, 0.1) is 29.1 Å². The highest BCUT2D eigenvalue weighted by Gasteiger charge is 2.31. The highest BCUT2D eigenvalue weighted by Crippen LogP contribution is 2.33. The zero-order valence-corrected chi connectivity index (χ0v) is 21.4. The normalized spacial score (nSPS) is 14.0. The Morgan fingerprint density at radius 2 is 1.39 bits per heavy atom. The Morgan fingerprint density at radius 3 is 1.95 bits per heavy atom. The predicted molar refractivity (Wildman–Crippen MR) is 140 cm³/mol. The third kappa shape index (κ3) is 5.78. The van der Waals surface area contributed by atoms with Crippen molar-refractivity contribution in [1.82, 2.24) is 0 Å². The van der Waals surface area contributed by atoms with E-state index in [0.29, 0.717) is 22.3 Å². The van der Waals surface area contributed by atoms with Crippen LogP contribution in [0.1, 0.15) is 30.9 Å². The van der Waals surface area contributed by atoms with Crippen LogP contribution in [-0.2, 0) is 4.79 Å². The largest absolute Gasteiger partial charge is 0.367 e. The molecule has 1 aliphatic rings. The van der Waals surface area contributed by atoms with E-state index in [1.807, 2.05) is 29.2 Å². The first kappa shape index (κ1) is 27.4. The number of nitrogens with zero attached hydrogens (tertiary/aromatic N) is 2. The average molecular weight is 550 g/mol. The maximum atomic E-state index is 14.2. The summed E-state index contributed by atoms with van der Waals surface area (Å²) in [6.07, 6.45) is 3.13. The molecule has 0 saturated carbocycles. The minimum atomic E-state index is -2.18. The molecule has 0 unspecified atom stereocenters. The number of rotatable bonds is 6. The van der Waals surface area contributed by atoms with Crippen LogP contribution in [0.2, 0.25) is 5.02 Å². The van der Waals surface area contributed by atoms with E-state index in [1.54, 1.807) is 24.3 Å². The summed E-state index contributed by atoms with van der Waals surface area (Å²) in [5.74, 6) is -9.75. The maximum absolute atomic E-state index is 14.2. The van der Waals surface area contributed by atoms with Crippen molar-refractivity contribution < 1.29 is 26.7 Å². The number of hydrogen-bond donors (Lipinski definition) is 1. The van der Waals surface area contributed by atoms with Gasteiger partial charge in [-0.25, -0.2) is 22.0 Å². The first-order valence-electron chi connectivity index (χ1n) is 12.0. The predicted octanol–water partition coefficient (Wildman–Crippen LogP) is 7.14. The van der Waals surface area contributed by atoms with Crippen molar-refractivity contribution in [2.75, 3.05) is 41.3 Å². The molecule has 10 heteroatoms. The molecule has 0 radical (unpaired) electrons. The molecule has 4 nitrogen and oxygen atoms in total. The van der Waals surface area contributed by atoms with Crippen LogP contribution in [0.5, 0.6) is 0 Å². The van der Waals surface area contributed by atoms with Crippen molar-refractivity contribution in [3.63, 3.8) is 0 Å². The second-order valence-corrected chi connectivity index (χ2v) is 9.61. The first-order valence-corrected chi connectivity index (χ1v) is 12.3. The van der Waals surface area contributed by atoms with E-state index in [-0.39, 0.29) is 32.1 Å². The third-order valence-corrected chi connectivity index (χ3v) is 6.67. The maximum Gasteiger partial charge on any atom is 0.248 e. The van der Waals surface area contributed by atoms with Crippen LogP contribution in [0.15, 0.2) is 48.5 Å². The molecule has 1 aliphatic heterocycles. The van der Waals surface area contributed by atoms with Gasteiger partial charge in [-0.15, -0.1) is 0 Å². The lowest BCUT2D eigenvalue weighted by molar-refractivity contribution is -0.111. The summed E-state index contributed by atoms with van der Waals surface area (Å²) in [7, 11) is 0. The number of carbonyl (C=O) groups is 1. The summed E-state index contributed by atoms with van der Waals surface area (Å²) in [5, 5.41) is 3.08. The molecule has 0 bridgehead atoms. The fourth-order valence-corrected chi connectivity index (χ4v) is 4.53. The summed E-state index contributed by atoms with van der Waals surface area (Å²) < 4.78 is 68.9. The molecule has 1 heterocycles. The van der Waals surface area contributed by atoms with Gasteiger partial charge < -0.3 is 15.1 Å². The molecule has 1 fully saturated rings. The molecule has 0 atom stereocenters. The number of amides is 1. The Labute approximate surface area is 222 Å². The molecule has 0 aromatic heterocycles. The summed E-state index contributed by atoms with van der Waals surface area (Å²) in [6.45, 7) is 4.68. The van der Waals surface area contributed by atoms with E-state index in [4.69, 9.17) is 11.6 Å². The number of halogens is 6. The van der Waals surface area contributed by atoms with Gasteiger partial charge >= 0.3 is 0 Å². The second kappa shape index (κ2) is 11.4. The van der Waals surface area contributed by atoms with E-state index < -0.39 is 34.8 Å². The number of carbonyl (C=O) groups excluding carboxylic acids is 1. The minimum Gasteiger partial charge on any atom is -0.367 e. The molecule has 3 aromatic carbocycles. The van der Waals surface area contributed by atoms with Crippen molar-refractivity contribution in [1.29, 1.82) is 0 Å². The minimum absolute atomic E-state index is 0.0100. The topological polar surface area (TPSA) is 35.6 Å². The lowest BCUT2D eigenvalue weighted by Gasteiger charge is -2.38. The molecule has 1 N–H and O–H groups in total. The van der Waals surface area contributed by atoms with Crippen LogP contribution >= 0.6 is 11.6 Å². The van der Waals surface area contributed by atoms with E-state index in [2.05, 4.69) is 19.2 Å². The third-order valence-electron chi connectivity index (χ3n) is 6.37. The van der Waals surface area contributed by atoms with Gasteiger partial charge in [0.2, 0.25) is 11.7 Å². The molecule has 1 saturated heterocycles. The smallest absolute Gasteiger partial charge is 0.248 e. The van der Waals surface area contributed by atoms with E-state index in [1.165, 1.54) is 11.6 Å². The highest BCUT2D eigenvalue weighted by atomic mass is 35.5. The number of anilines is 3. The van der Waals surface area contributed by atoms with Crippen molar-refractivity contribution in [3.05, 3.63) is 93.8 Å². The van der Waals surface area contributed by atoms with Gasteiger partial charge in [0, 0.05) is 37.9 Å². The van der Waals surface area contributed by atoms with E-state index in [0.717, 1.165) is 10.5 Å². The Bertz CT molecular complexity index is 1340. The highest BCUT2D eigenvalue weighted by molar-refractivity contribution is 6.33. The van der Waals surface area contributed by atoms with E-state index >= 15 is 0 Å². The monoisotopic (exact) mass is 549 g/mol. The van der Waals surface area contributed by atoms with Gasteiger partial charge in [0.1, 0.15) is 5.69 Å². The number of benzene rings is 3. The van der Waals surface area contributed by atoms with Gasteiger partial charge in [-0.05, 0) is 41.3 Å². The van der Waals surface area contributed by atoms with Crippen molar-refractivity contribution in [2.24, 2.45) is 0 Å². The molecule has 0 aliphatic carbocycles. The Hall–Kier alpha value is -3.59. The van der Waals surface area contributed by atoms with Crippen LogP contribution in [-0.4, -0.2) is 32.1 Å². The zero-order chi connectivity index (χ0) is 27.6. The molecule has 3 aromatic rings. The van der Waals surface area contributed by atoms with Gasteiger partial charge in [0.15, 0.2) is 23.3 Å². The first-order chi connectivity index (χ1) is 18.1. The lowest BCUT2D eigenvalue weighted by atomic mass is 10.0. The van der Waals surface area contributed by atoms with E-state index in [9.17, 15) is 26.7 Å². The van der Waals surface area contributed by atoms with Crippen molar-refractivity contribution >= 4 is 40.6 Å². The summed E-state index contributed by atoms with van der Waals surface area (Å²) in [6, 6.07) is 12.9. The number of hydrogen-bond acceptors (Lipinski definition) is 3. The fourth-order valence-electron chi connectivity index (χ4n) is 4.23. The van der Waals surface area contributed by atoms with Crippen molar-refractivity contribution in [2.45, 2.75) is 19.8 Å². The average Bonchev–Trinajstić information content (AvgIpc) is 2.90. The van der Waals surface area contributed by atoms with Gasteiger partial charge in [-0.3, -0.25) is 4.79 Å². The Kier molecular flexibility index (Phi) is 8.26. The fraction of sp³-hybridized carbons (Fsp3) is 0.250. The van der Waals surface area contributed by atoms with Crippen molar-refractivity contribution in [3.8, 4) is 0 Å². The van der Waals surface area contributed by atoms with Gasteiger partial charge in [0.25, 0.3) is 0 Å². The number of piperazine rings is 1. The quantitative estimate of drug-likeness (QED) is 0.154. The molecule has 1 amide bonds. The molecule has 4 rings (SSSR count). The van der Waals surface area contributed by atoms with Crippen LogP contribution in [0.3, 0.4) is 0 Å². The SMILES string of the molecule is CC(C)c1ccc(C=CC(=O)Nc2ccc(N3CCN(c4c(F)c(F)c(F)c(F)c4F)CC3)c(Cl)c2)cc1. The molecule has 38 heavy (non-hydrogen) atoms. The lowest BCUT2D eigenvalue weighted by Crippen LogP contribution is -2.47. The zero-order valence-electron chi connectivity index (χ0n) is 20.7. The molecule has 0 spiro atoms. The second-order valence-electron chi connectivity index (χ2n) is 9.20. The Morgan fingerprint density at radius 1 is 0.842 bits per heavy atom. The molecular weight excluding hydrogens is 525 g/mol. The molecule has 200 valence electrons. The van der Waals surface area contributed by atoms with Gasteiger partial charge in [-0.2, -0.15) is 0 Å². The summed E-state index contributed by atoms with van der Waals surface area (Å²) >= 11 is 6.44. The van der Waals surface area contributed by atoms with Crippen LogP contribution in [0.4, 0.5) is 39.0 Å². The Balaban J connectivity index is 1.38. The summed E-state index contributed by atoms with van der Waals surface area (Å²) in [4.78, 5) is 15.3.